The number of carbonyl (C=O) groups is 1. The highest BCUT2D eigenvalue weighted by Gasteiger charge is 2.42. The molecule has 5 heterocycles. The highest BCUT2D eigenvalue weighted by Crippen LogP contribution is 2.36. The van der Waals surface area contributed by atoms with Crippen LogP contribution < -0.4 is 10.9 Å². The Kier molecular flexibility index (Phi) is 6.02. The minimum Gasteiger partial charge on any atom is -0.376 e. The number of hydrogen-bond donors (Lipinski definition) is 1. The fraction of sp³-hybridized carbons (Fsp3) is 0.429. The highest BCUT2D eigenvalue weighted by atomic mass is 32.2. The summed E-state index contributed by atoms with van der Waals surface area (Å²) in [5.74, 6) is -0.0626. The summed E-state index contributed by atoms with van der Waals surface area (Å²) in [4.78, 5) is 32.7. The van der Waals surface area contributed by atoms with Gasteiger partial charge in [-0.15, -0.1) is 0 Å². The first kappa shape index (κ1) is 22.5. The summed E-state index contributed by atoms with van der Waals surface area (Å²) in [6.45, 7) is 1.21. The number of nitrogens with zero attached hydrogens (tertiary/aromatic N) is 3. The number of pyridine rings is 1. The predicted octanol–water partition coefficient (Wildman–Crippen LogP) is 1.67. The van der Waals surface area contributed by atoms with Crippen molar-refractivity contribution in [3.63, 3.8) is 0 Å². The minimum absolute atomic E-state index is 0.0383. The zero-order valence-corrected chi connectivity index (χ0v) is 20.0. The molecular formula is C21H22N4O5S3. The average molecular weight is 507 g/mol. The fourth-order valence-corrected chi connectivity index (χ4v) is 7.37. The lowest BCUT2D eigenvalue weighted by Crippen LogP contribution is -2.39. The molecule has 1 N–H and O–H groups in total. The quantitative estimate of drug-likeness (QED) is 0.478. The number of carbonyl (C=O) groups excluding carboxylic acids is 1. The molecule has 9 nitrogen and oxygen atoms in total. The van der Waals surface area contributed by atoms with Gasteiger partial charge in [-0.25, -0.2) is 13.4 Å². The third-order valence-corrected chi connectivity index (χ3v) is 9.04. The van der Waals surface area contributed by atoms with Gasteiger partial charge in [0.05, 0.1) is 34.1 Å². The van der Waals surface area contributed by atoms with Crippen LogP contribution in [0.3, 0.4) is 0 Å². The lowest BCUT2D eigenvalue weighted by molar-refractivity contribution is -0.123. The number of rotatable bonds is 5. The van der Waals surface area contributed by atoms with Gasteiger partial charge in [-0.2, -0.15) is 0 Å². The van der Waals surface area contributed by atoms with Crippen LogP contribution in [0.5, 0.6) is 0 Å². The number of nitrogens with one attached hydrogen (secondary N) is 1. The second-order valence-corrected chi connectivity index (χ2v) is 12.1. The number of amides is 1. The number of ether oxygens (including phenoxy) is 1. The molecule has 0 bridgehead atoms. The molecule has 0 saturated carbocycles. The molecule has 3 saturated heterocycles. The molecule has 33 heavy (non-hydrogen) atoms. The number of thiocarbonyl (C=S) groups is 1. The molecule has 2 aromatic rings. The van der Waals surface area contributed by atoms with Crippen molar-refractivity contribution in [2.75, 3.05) is 30.0 Å². The van der Waals surface area contributed by atoms with E-state index >= 15 is 0 Å². The van der Waals surface area contributed by atoms with Crippen molar-refractivity contribution in [1.82, 2.24) is 14.3 Å². The van der Waals surface area contributed by atoms with Gasteiger partial charge >= 0.3 is 0 Å². The van der Waals surface area contributed by atoms with Crippen LogP contribution in [-0.4, -0.2) is 69.7 Å². The van der Waals surface area contributed by atoms with Gasteiger partial charge in [0.2, 0.25) is 0 Å². The molecule has 0 aliphatic carbocycles. The summed E-state index contributed by atoms with van der Waals surface area (Å²) in [5, 5.41) is 3.22. The molecule has 5 rings (SSSR count). The number of aromatic nitrogens is 2. The monoisotopic (exact) mass is 506 g/mol. The maximum Gasteiger partial charge on any atom is 0.267 e. The van der Waals surface area contributed by atoms with Crippen LogP contribution in [-0.2, 0) is 19.4 Å². The Morgan fingerprint density at radius 3 is 2.88 bits per heavy atom. The van der Waals surface area contributed by atoms with E-state index in [1.807, 2.05) is 0 Å². The second kappa shape index (κ2) is 8.82. The van der Waals surface area contributed by atoms with Gasteiger partial charge < -0.3 is 10.1 Å². The number of anilines is 1. The number of sulfone groups is 1. The molecule has 0 unspecified atom stereocenters. The van der Waals surface area contributed by atoms with Crippen LogP contribution in [0.2, 0.25) is 0 Å². The summed E-state index contributed by atoms with van der Waals surface area (Å²) in [5.41, 5.74) is 0.415. The predicted molar refractivity (Wildman–Crippen MR) is 131 cm³/mol. The lowest BCUT2D eigenvalue weighted by Gasteiger charge is -2.20. The Balaban J connectivity index is 1.51. The van der Waals surface area contributed by atoms with E-state index in [2.05, 4.69) is 10.3 Å². The van der Waals surface area contributed by atoms with E-state index < -0.39 is 15.9 Å². The van der Waals surface area contributed by atoms with Gasteiger partial charge in [-0.05, 0) is 37.5 Å². The van der Waals surface area contributed by atoms with Gasteiger partial charge in [0.25, 0.3) is 11.5 Å². The molecule has 1 amide bonds. The summed E-state index contributed by atoms with van der Waals surface area (Å²) in [6.07, 6.45) is 5.45. The van der Waals surface area contributed by atoms with E-state index in [0.717, 1.165) is 24.6 Å². The Bertz CT molecular complexity index is 1330. The lowest BCUT2D eigenvalue weighted by atomic mass is 10.2. The summed E-state index contributed by atoms with van der Waals surface area (Å²) >= 11 is 6.47. The first-order valence-electron chi connectivity index (χ1n) is 10.7. The first-order chi connectivity index (χ1) is 15.8. The van der Waals surface area contributed by atoms with Gasteiger partial charge in [0.15, 0.2) is 9.84 Å². The highest BCUT2D eigenvalue weighted by molar-refractivity contribution is 8.26. The topological polar surface area (TPSA) is 110 Å². The van der Waals surface area contributed by atoms with Crippen LogP contribution in [0.15, 0.2) is 34.1 Å². The van der Waals surface area contributed by atoms with E-state index in [4.69, 9.17) is 17.0 Å². The first-order valence-corrected chi connectivity index (χ1v) is 13.7. The van der Waals surface area contributed by atoms with Crippen LogP contribution in [0.1, 0.15) is 24.8 Å². The van der Waals surface area contributed by atoms with Crippen molar-refractivity contribution >= 4 is 61.6 Å². The Hall–Kier alpha value is -2.28. The van der Waals surface area contributed by atoms with Crippen molar-refractivity contribution in [2.45, 2.75) is 31.4 Å². The molecule has 3 aliphatic rings. The van der Waals surface area contributed by atoms with Gasteiger partial charge in [-0.3, -0.25) is 18.9 Å². The largest absolute Gasteiger partial charge is 0.376 e. The molecule has 2 atom stereocenters. The molecule has 0 spiro atoms. The SMILES string of the molecule is O=C1/C(=C/c2c(NC[C@H]3CCCO3)nc3ccccn3c2=O)SC(=S)N1[C@H]1CCS(=O)(=O)C1. The molecule has 2 aromatic heterocycles. The summed E-state index contributed by atoms with van der Waals surface area (Å²) in [6, 6.07) is 4.80. The van der Waals surface area contributed by atoms with Crippen molar-refractivity contribution in [2.24, 2.45) is 0 Å². The maximum atomic E-state index is 13.3. The Morgan fingerprint density at radius 1 is 1.30 bits per heavy atom. The van der Waals surface area contributed by atoms with Gasteiger partial charge in [-0.1, -0.05) is 30.0 Å². The van der Waals surface area contributed by atoms with E-state index in [-0.39, 0.29) is 39.5 Å². The molecule has 174 valence electrons. The van der Waals surface area contributed by atoms with E-state index in [9.17, 15) is 18.0 Å². The maximum absolute atomic E-state index is 13.3. The molecule has 3 fully saturated rings. The molecule has 0 aromatic carbocycles. The third-order valence-electron chi connectivity index (χ3n) is 5.96. The van der Waals surface area contributed by atoms with Crippen LogP contribution >= 0.6 is 24.0 Å². The standard InChI is InChI=1S/C21H22N4O5S3/c26-19-15(10-16-20(27)25(21(31)32-16)13-6-9-33(28,29)12-13)18(22-11-14-4-3-8-30-14)23-17-5-1-2-7-24(17)19/h1-2,5,7,10,13-14,22H,3-4,6,8-9,11-12H2/b16-10-/t13-,14+/m0/s1. The third kappa shape index (κ3) is 4.44. The number of hydrogen-bond acceptors (Lipinski definition) is 9. The van der Waals surface area contributed by atoms with Crippen molar-refractivity contribution in [3.8, 4) is 0 Å². The Labute approximate surface area is 200 Å². The average Bonchev–Trinajstić information content (AvgIpc) is 3.49. The van der Waals surface area contributed by atoms with Gasteiger partial charge in [0, 0.05) is 19.3 Å². The minimum atomic E-state index is -3.18. The van der Waals surface area contributed by atoms with E-state index in [1.165, 1.54) is 15.4 Å². The number of thioether (sulfide) groups is 1. The number of fused-ring (bicyclic) bond motifs is 1. The van der Waals surface area contributed by atoms with Crippen LogP contribution in [0, 0.1) is 0 Å². The summed E-state index contributed by atoms with van der Waals surface area (Å²) < 4.78 is 31.2. The Morgan fingerprint density at radius 2 is 2.15 bits per heavy atom. The van der Waals surface area contributed by atoms with E-state index in [1.54, 1.807) is 24.4 Å². The van der Waals surface area contributed by atoms with Crippen molar-refractivity contribution in [1.29, 1.82) is 0 Å². The summed E-state index contributed by atoms with van der Waals surface area (Å²) in [7, 11) is -3.18. The molecule has 12 heteroatoms. The smallest absolute Gasteiger partial charge is 0.267 e. The zero-order valence-electron chi connectivity index (χ0n) is 17.6. The molecular weight excluding hydrogens is 484 g/mol. The molecule has 0 radical (unpaired) electrons. The van der Waals surface area contributed by atoms with Crippen molar-refractivity contribution < 1.29 is 17.9 Å². The zero-order chi connectivity index (χ0) is 23.2. The van der Waals surface area contributed by atoms with Crippen molar-refractivity contribution in [3.05, 3.63) is 45.2 Å². The van der Waals surface area contributed by atoms with Crippen LogP contribution in [0.4, 0.5) is 5.82 Å². The molecule has 3 aliphatic heterocycles. The van der Waals surface area contributed by atoms with Gasteiger partial charge in [0.1, 0.15) is 15.8 Å². The van der Waals surface area contributed by atoms with E-state index in [0.29, 0.717) is 35.4 Å². The fourth-order valence-electron chi connectivity index (χ4n) is 4.29. The normalized spacial score (nSPS) is 26.1. The van der Waals surface area contributed by atoms with Crippen LogP contribution in [0.25, 0.3) is 11.7 Å². The second-order valence-electron chi connectivity index (χ2n) is 8.23.